The molecule has 1 unspecified atom stereocenters. The van der Waals surface area contributed by atoms with Gasteiger partial charge in [-0.25, -0.2) is 4.98 Å². The van der Waals surface area contributed by atoms with E-state index in [1.807, 2.05) is 37.3 Å². The number of nitrogens with zero attached hydrogens (tertiary/aromatic N) is 6. The molecule has 272 valence electrons. The number of aryl methyl sites for hydroxylation is 2. The van der Waals surface area contributed by atoms with E-state index < -0.39 is 0 Å². The van der Waals surface area contributed by atoms with E-state index in [1.54, 1.807) is 26.2 Å². The zero-order valence-electron chi connectivity index (χ0n) is 30.4. The fourth-order valence-corrected chi connectivity index (χ4v) is 7.06. The molecule has 1 atom stereocenters. The van der Waals surface area contributed by atoms with Crippen LogP contribution in [0.25, 0.3) is 22.3 Å². The Balaban J connectivity index is 1.26. The number of fused-ring (bicyclic) bond motifs is 5. The van der Waals surface area contributed by atoms with Crippen LogP contribution in [0.5, 0.6) is 17.2 Å². The first-order valence-electron chi connectivity index (χ1n) is 17.8. The first-order valence-corrected chi connectivity index (χ1v) is 17.8. The third-order valence-corrected chi connectivity index (χ3v) is 9.87. The van der Waals surface area contributed by atoms with Crippen molar-refractivity contribution in [3.05, 3.63) is 53.4 Å². The number of amides is 2. The summed E-state index contributed by atoms with van der Waals surface area (Å²) < 4.78 is 22.7. The summed E-state index contributed by atoms with van der Waals surface area (Å²) in [6, 6.07) is 12.0. The van der Waals surface area contributed by atoms with Gasteiger partial charge in [0.15, 0.2) is 11.5 Å². The van der Waals surface area contributed by atoms with Crippen molar-refractivity contribution in [2.24, 2.45) is 5.92 Å². The number of anilines is 1. The number of methoxy groups -OCH3 is 3. The molecule has 13 heteroatoms. The Hall–Kier alpha value is -4.91. The zero-order valence-corrected chi connectivity index (χ0v) is 30.4. The van der Waals surface area contributed by atoms with Crippen LogP contribution in [0.15, 0.2) is 40.9 Å². The van der Waals surface area contributed by atoms with Crippen molar-refractivity contribution in [2.75, 3.05) is 72.0 Å². The highest BCUT2D eigenvalue weighted by atomic mass is 16.5. The second-order valence-corrected chi connectivity index (χ2v) is 13.3. The number of ether oxygens (including phenoxy) is 3. The van der Waals surface area contributed by atoms with Crippen molar-refractivity contribution in [1.29, 1.82) is 0 Å². The lowest BCUT2D eigenvalue weighted by Crippen LogP contribution is -2.42. The van der Waals surface area contributed by atoms with Crippen LogP contribution < -0.4 is 24.4 Å². The van der Waals surface area contributed by atoms with Gasteiger partial charge in [0.25, 0.3) is 0 Å². The summed E-state index contributed by atoms with van der Waals surface area (Å²) in [5.74, 6) is 3.64. The molecule has 2 bridgehead atoms. The van der Waals surface area contributed by atoms with Crippen LogP contribution in [-0.4, -0.2) is 104 Å². The number of hydrogen-bond acceptors (Lipinski definition) is 11. The van der Waals surface area contributed by atoms with Gasteiger partial charge in [-0.1, -0.05) is 35.8 Å². The number of piperidine rings is 1. The highest BCUT2D eigenvalue weighted by Gasteiger charge is 2.27. The number of likely N-dealkylation sites (N-methyl/N-ethyl adjacent to an activating group) is 1. The summed E-state index contributed by atoms with van der Waals surface area (Å²) in [6.07, 6.45) is 2.78. The van der Waals surface area contributed by atoms with Crippen LogP contribution in [0.3, 0.4) is 0 Å². The van der Waals surface area contributed by atoms with E-state index >= 15 is 0 Å². The maximum atomic E-state index is 13.7. The molecule has 0 spiro atoms. The largest absolute Gasteiger partial charge is 0.493 e. The molecular formula is C38H49N7O6. The third kappa shape index (κ3) is 8.36. The van der Waals surface area contributed by atoms with E-state index in [9.17, 15) is 9.59 Å². The second kappa shape index (κ2) is 16.4. The molecule has 2 aliphatic heterocycles. The molecule has 4 heterocycles. The molecule has 6 rings (SSSR count). The van der Waals surface area contributed by atoms with Gasteiger partial charge in [-0.15, -0.1) is 0 Å². The lowest BCUT2D eigenvalue weighted by Gasteiger charge is -2.35. The molecule has 2 aromatic heterocycles. The smallest absolute Gasteiger partial charge is 0.227 e. The van der Waals surface area contributed by atoms with Gasteiger partial charge >= 0.3 is 0 Å². The van der Waals surface area contributed by atoms with Crippen LogP contribution in [-0.2, 0) is 22.6 Å². The highest BCUT2D eigenvalue weighted by molar-refractivity contribution is 5.92. The normalized spacial score (nSPS) is 17.7. The Bertz CT molecular complexity index is 1840. The quantitative estimate of drug-likeness (QED) is 0.276. The van der Waals surface area contributed by atoms with Crippen molar-refractivity contribution in [1.82, 2.24) is 30.2 Å². The fourth-order valence-electron chi connectivity index (χ4n) is 7.06. The number of carbonyl (C=O) groups excluding carboxylic acids is 2. The van der Waals surface area contributed by atoms with E-state index in [4.69, 9.17) is 23.7 Å². The first kappa shape index (κ1) is 35.9. The number of benzene rings is 2. The topological polar surface area (TPSA) is 135 Å². The Labute approximate surface area is 299 Å². The highest BCUT2D eigenvalue weighted by Crippen LogP contribution is 2.44. The number of pyridine rings is 1. The lowest BCUT2D eigenvalue weighted by molar-refractivity contribution is -0.132. The molecule has 4 aromatic rings. The second-order valence-electron chi connectivity index (χ2n) is 13.3. The van der Waals surface area contributed by atoms with Crippen molar-refractivity contribution < 1.29 is 28.3 Å². The number of hydrogen-bond donors (Lipinski definition) is 1. The van der Waals surface area contributed by atoms with Crippen LogP contribution in [0.1, 0.15) is 49.6 Å². The summed E-state index contributed by atoms with van der Waals surface area (Å²) in [5, 5.41) is 8.12. The molecule has 1 fully saturated rings. The number of carbonyl (C=O) groups is 2. The molecular weight excluding hydrogens is 650 g/mol. The SMILES string of the molecule is CCN1CCN(C(=O)CCc2nc(-c3cccc(C)c3)no2)CCC(=O)NCC2CCCN(C2)c2nc3cc(OC)c(OC)c(OC)c3cc2C1. The van der Waals surface area contributed by atoms with Crippen molar-refractivity contribution >= 4 is 28.5 Å². The third-order valence-electron chi connectivity index (χ3n) is 9.87. The van der Waals surface area contributed by atoms with E-state index in [1.165, 1.54) is 0 Å². The van der Waals surface area contributed by atoms with Crippen LogP contribution in [0.2, 0.25) is 0 Å². The molecule has 2 aromatic carbocycles. The molecule has 1 saturated heterocycles. The average Bonchev–Trinajstić information content (AvgIpc) is 3.63. The van der Waals surface area contributed by atoms with Crippen LogP contribution in [0.4, 0.5) is 5.82 Å². The summed E-state index contributed by atoms with van der Waals surface area (Å²) >= 11 is 0. The van der Waals surface area contributed by atoms with Gasteiger partial charge in [-0.3, -0.25) is 14.5 Å². The molecule has 51 heavy (non-hydrogen) atoms. The first-order chi connectivity index (χ1) is 24.8. The minimum Gasteiger partial charge on any atom is -0.493 e. The standard InChI is InChI=1S/C38H49N7O6/c1-6-43-17-18-44(34(47)13-12-33-41-37(42-51-33)27-11-7-9-25(2)19-27)16-14-32(46)39-22-26-10-8-15-45(23-26)38-28(24-43)20-29-30(40-38)21-31(48-3)36(50-5)35(29)49-4/h7,9,11,19-21,26H,6,8,10,12-18,22-24H2,1-5H3,(H,39,46). The summed E-state index contributed by atoms with van der Waals surface area (Å²) in [4.78, 5) is 43.0. The maximum Gasteiger partial charge on any atom is 0.227 e. The Morgan fingerprint density at radius 1 is 1.02 bits per heavy atom. The molecule has 13 nitrogen and oxygen atoms in total. The van der Waals surface area contributed by atoms with E-state index in [0.717, 1.165) is 65.9 Å². The van der Waals surface area contributed by atoms with Crippen molar-refractivity contribution in [2.45, 2.75) is 52.5 Å². The summed E-state index contributed by atoms with van der Waals surface area (Å²) in [7, 11) is 4.83. The predicted octanol–water partition coefficient (Wildman–Crippen LogP) is 4.64. The van der Waals surface area contributed by atoms with Crippen LogP contribution >= 0.6 is 0 Å². The minimum atomic E-state index is -0.0562. The summed E-state index contributed by atoms with van der Waals surface area (Å²) in [6.45, 7) is 9.17. The Morgan fingerprint density at radius 3 is 2.63 bits per heavy atom. The number of rotatable bonds is 8. The van der Waals surface area contributed by atoms with Gasteiger partial charge in [0.05, 0.1) is 26.8 Å². The number of aromatic nitrogens is 3. The molecule has 0 aliphatic carbocycles. The van der Waals surface area contributed by atoms with E-state index in [-0.39, 0.29) is 30.6 Å². The lowest BCUT2D eigenvalue weighted by atomic mass is 9.97. The van der Waals surface area contributed by atoms with Crippen molar-refractivity contribution in [3.63, 3.8) is 0 Å². The minimum absolute atomic E-state index is 0.0514. The maximum absolute atomic E-state index is 13.7. The van der Waals surface area contributed by atoms with Gasteiger partial charge in [-0.05, 0) is 44.4 Å². The van der Waals surface area contributed by atoms with Gasteiger partial charge < -0.3 is 33.9 Å². The van der Waals surface area contributed by atoms with E-state index in [0.29, 0.717) is 68.1 Å². The van der Waals surface area contributed by atoms with E-state index in [2.05, 4.69) is 38.2 Å². The van der Waals surface area contributed by atoms with Crippen molar-refractivity contribution in [3.8, 4) is 28.6 Å². The zero-order chi connectivity index (χ0) is 35.9. The average molecular weight is 700 g/mol. The van der Waals surface area contributed by atoms with Gasteiger partial charge in [-0.2, -0.15) is 4.98 Å². The Kier molecular flexibility index (Phi) is 11.5. The number of nitrogens with one attached hydrogen (secondary N) is 1. The molecule has 1 N–H and O–H groups in total. The molecule has 0 radical (unpaired) electrons. The molecule has 0 saturated carbocycles. The molecule has 2 amide bonds. The monoisotopic (exact) mass is 699 g/mol. The van der Waals surface area contributed by atoms with Crippen LogP contribution in [0, 0.1) is 12.8 Å². The fraction of sp³-hybridized carbons (Fsp3) is 0.500. The van der Waals surface area contributed by atoms with Gasteiger partial charge in [0, 0.05) is 87.7 Å². The summed E-state index contributed by atoms with van der Waals surface area (Å²) in [5.41, 5.74) is 3.79. The predicted molar refractivity (Wildman–Crippen MR) is 194 cm³/mol. The van der Waals surface area contributed by atoms with Gasteiger partial charge in [0.2, 0.25) is 29.3 Å². The molecule has 2 aliphatic rings. The van der Waals surface area contributed by atoms with Gasteiger partial charge in [0.1, 0.15) is 5.82 Å². The Morgan fingerprint density at radius 2 is 1.86 bits per heavy atom.